The average molecular weight is 308 g/mol. The number of rotatable bonds is 6. The smallest absolute Gasteiger partial charge is 0.262 e. The van der Waals surface area contributed by atoms with E-state index in [1.54, 1.807) is 7.11 Å². The van der Waals surface area contributed by atoms with E-state index in [0.29, 0.717) is 11.5 Å². The number of hydrogen-bond acceptors (Lipinski definition) is 6. The first kappa shape index (κ1) is 15.7. The minimum atomic E-state index is -0.0949. The first-order valence-corrected chi connectivity index (χ1v) is 7.67. The van der Waals surface area contributed by atoms with Crippen LogP contribution in [0.4, 0.5) is 5.82 Å². The number of amides is 1. The van der Waals surface area contributed by atoms with Gasteiger partial charge in [-0.05, 0) is 26.3 Å². The Morgan fingerprint density at radius 1 is 1.48 bits per heavy atom. The number of methoxy groups -OCH3 is 1. The van der Waals surface area contributed by atoms with E-state index in [4.69, 9.17) is 4.74 Å². The highest BCUT2D eigenvalue weighted by Gasteiger charge is 2.20. The second-order valence-electron chi connectivity index (χ2n) is 4.82. The predicted octanol–water partition coefficient (Wildman–Crippen LogP) is 2.20. The van der Waals surface area contributed by atoms with Gasteiger partial charge in [-0.3, -0.25) is 4.79 Å². The van der Waals surface area contributed by atoms with E-state index in [1.165, 1.54) is 17.7 Å². The van der Waals surface area contributed by atoms with Crippen LogP contribution >= 0.6 is 11.3 Å². The topological polar surface area (TPSA) is 76.1 Å². The number of nitrogens with zero attached hydrogens (tertiary/aromatic N) is 2. The molecule has 6 nitrogen and oxygen atoms in total. The molecule has 0 aromatic carbocycles. The third-order valence-electron chi connectivity index (χ3n) is 3.07. The SMILES string of the molecule is CCNc1ncnc2sc(C(=O)NC(C)COC)c(C)c12. The second-order valence-corrected chi connectivity index (χ2v) is 5.82. The summed E-state index contributed by atoms with van der Waals surface area (Å²) in [6.45, 7) is 7.11. The van der Waals surface area contributed by atoms with E-state index >= 15 is 0 Å². The molecule has 0 saturated carbocycles. The lowest BCUT2D eigenvalue weighted by atomic mass is 10.2. The Balaban J connectivity index is 2.35. The summed E-state index contributed by atoms with van der Waals surface area (Å²) < 4.78 is 5.04. The zero-order valence-electron chi connectivity index (χ0n) is 12.7. The van der Waals surface area contributed by atoms with Crippen molar-refractivity contribution < 1.29 is 9.53 Å². The highest BCUT2D eigenvalue weighted by Crippen LogP contribution is 2.33. The number of thiophene rings is 1. The molecule has 0 aliphatic carbocycles. The fourth-order valence-electron chi connectivity index (χ4n) is 2.17. The molecule has 1 atom stereocenters. The van der Waals surface area contributed by atoms with Crippen LogP contribution < -0.4 is 10.6 Å². The van der Waals surface area contributed by atoms with Crippen LogP contribution in [0.2, 0.25) is 0 Å². The maximum atomic E-state index is 12.4. The van der Waals surface area contributed by atoms with Gasteiger partial charge in [0.05, 0.1) is 16.9 Å². The molecule has 0 aliphatic rings. The summed E-state index contributed by atoms with van der Waals surface area (Å²) in [4.78, 5) is 22.4. The van der Waals surface area contributed by atoms with Gasteiger partial charge in [0.1, 0.15) is 17.0 Å². The molecule has 0 spiro atoms. The van der Waals surface area contributed by atoms with Crippen LogP contribution in [-0.4, -0.2) is 42.2 Å². The average Bonchev–Trinajstić information content (AvgIpc) is 2.78. The lowest BCUT2D eigenvalue weighted by Crippen LogP contribution is -2.35. The molecular formula is C14H20N4O2S. The summed E-state index contributed by atoms with van der Waals surface area (Å²) in [5.74, 6) is 0.683. The fourth-order valence-corrected chi connectivity index (χ4v) is 3.22. The summed E-state index contributed by atoms with van der Waals surface area (Å²) in [6, 6.07) is -0.0357. The third-order valence-corrected chi connectivity index (χ3v) is 4.27. The minimum absolute atomic E-state index is 0.0357. The fraction of sp³-hybridized carbons (Fsp3) is 0.500. The molecule has 2 aromatic heterocycles. The normalized spacial score (nSPS) is 12.4. The number of carbonyl (C=O) groups excluding carboxylic acids is 1. The Labute approximate surface area is 127 Å². The highest BCUT2D eigenvalue weighted by molar-refractivity contribution is 7.20. The first-order valence-electron chi connectivity index (χ1n) is 6.86. The number of carbonyl (C=O) groups is 1. The van der Waals surface area contributed by atoms with Gasteiger partial charge in [-0.2, -0.15) is 0 Å². The second kappa shape index (κ2) is 6.82. The quantitative estimate of drug-likeness (QED) is 0.855. The molecule has 1 amide bonds. The Bertz CT molecular complexity index is 641. The van der Waals surface area contributed by atoms with Gasteiger partial charge in [-0.15, -0.1) is 11.3 Å². The molecule has 2 heterocycles. The van der Waals surface area contributed by atoms with Crippen LogP contribution in [0, 0.1) is 6.92 Å². The van der Waals surface area contributed by atoms with Gasteiger partial charge >= 0.3 is 0 Å². The van der Waals surface area contributed by atoms with Gasteiger partial charge in [0.2, 0.25) is 0 Å². The van der Waals surface area contributed by atoms with Crippen molar-refractivity contribution in [2.75, 3.05) is 25.6 Å². The molecule has 0 radical (unpaired) electrons. The van der Waals surface area contributed by atoms with Gasteiger partial charge in [0.15, 0.2) is 0 Å². The number of aromatic nitrogens is 2. The summed E-state index contributed by atoms with van der Waals surface area (Å²) in [5.41, 5.74) is 0.911. The number of fused-ring (bicyclic) bond motifs is 1. The van der Waals surface area contributed by atoms with Crippen molar-refractivity contribution in [1.29, 1.82) is 0 Å². The van der Waals surface area contributed by atoms with Crippen molar-refractivity contribution in [2.45, 2.75) is 26.8 Å². The molecular weight excluding hydrogens is 288 g/mol. The molecule has 2 rings (SSSR count). The standard InChI is InChI=1S/C14H20N4O2S/c1-5-15-12-10-9(3)11(21-14(10)17-7-16-12)13(19)18-8(2)6-20-4/h7-8H,5-6H2,1-4H3,(H,18,19)(H,15,16,17). The van der Waals surface area contributed by atoms with Gasteiger partial charge in [-0.25, -0.2) is 9.97 Å². The third kappa shape index (κ3) is 3.30. The Morgan fingerprint density at radius 3 is 2.90 bits per heavy atom. The van der Waals surface area contributed by atoms with Crippen molar-refractivity contribution in [3.05, 3.63) is 16.8 Å². The Hall–Kier alpha value is -1.73. The summed E-state index contributed by atoms with van der Waals surface area (Å²) >= 11 is 1.39. The highest BCUT2D eigenvalue weighted by atomic mass is 32.1. The number of ether oxygens (including phenoxy) is 1. The monoisotopic (exact) mass is 308 g/mol. The number of anilines is 1. The van der Waals surface area contributed by atoms with Gasteiger partial charge < -0.3 is 15.4 Å². The summed E-state index contributed by atoms with van der Waals surface area (Å²) in [7, 11) is 1.62. The van der Waals surface area contributed by atoms with Crippen LogP contribution in [0.15, 0.2) is 6.33 Å². The molecule has 114 valence electrons. The molecule has 7 heteroatoms. The van der Waals surface area contributed by atoms with Gasteiger partial charge in [0, 0.05) is 19.7 Å². The molecule has 1 unspecified atom stereocenters. The van der Waals surface area contributed by atoms with Crippen LogP contribution in [0.3, 0.4) is 0 Å². The number of aryl methyl sites for hydroxylation is 1. The van der Waals surface area contributed by atoms with Crippen LogP contribution in [0.1, 0.15) is 29.1 Å². The van der Waals surface area contributed by atoms with E-state index in [1.807, 2.05) is 20.8 Å². The van der Waals surface area contributed by atoms with Crippen LogP contribution in [-0.2, 0) is 4.74 Å². The van der Waals surface area contributed by atoms with Crippen molar-refractivity contribution in [1.82, 2.24) is 15.3 Å². The molecule has 2 aromatic rings. The number of hydrogen-bond donors (Lipinski definition) is 2. The molecule has 0 aliphatic heterocycles. The Kier molecular flexibility index (Phi) is 5.08. The summed E-state index contributed by atoms with van der Waals surface area (Å²) in [5, 5.41) is 7.06. The molecule has 0 bridgehead atoms. The van der Waals surface area contributed by atoms with Crippen molar-refractivity contribution >= 4 is 33.3 Å². The van der Waals surface area contributed by atoms with Gasteiger partial charge in [-0.1, -0.05) is 0 Å². The van der Waals surface area contributed by atoms with Crippen molar-refractivity contribution in [2.24, 2.45) is 0 Å². The van der Waals surface area contributed by atoms with E-state index in [-0.39, 0.29) is 11.9 Å². The van der Waals surface area contributed by atoms with Crippen molar-refractivity contribution in [3.8, 4) is 0 Å². The molecule has 0 saturated heterocycles. The number of nitrogens with one attached hydrogen (secondary N) is 2. The van der Waals surface area contributed by atoms with Gasteiger partial charge in [0.25, 0.3) is 5.91 Å². The van der Waals surface area contributed by atoms with E-state index in [0.717, 1.165) is 28.1 Å². The van der Waals surface area contributed by atoms with Crippen molar-refractivity contribution in [3.63, 3.8) is 0 Å². The lowest BCUT2D eigenvalue weighted by molar-refractivity contribution is 0.0909. The van der Waals surface area contributed by atoms with E-state index < -0.39 is 0 Å². The first-order chi connectivity index (χ1) is 10.1. The van der Waals surface area contributed by atoms with E-state index in [2.05, 4.69) is 20.6 Å². The molecule has 2 N–H and O–H groups in total. The molecule has 0 fully saturated rings. The zero-order chi connectivity index (χ0) is 15.4. The largest absolute Gasteiger partial charge is 0.383 e. The zero-order valence-corrected chi connectivity index (χ0v) is 13.5. The van der Waals surface area contributed by atoms with E-state index in [9.17, 15) is 4.79 Å². The Morgan fingerprint density at radius 2 is 2.24 bits per heavy atom. The van der Waals surface area contributed by atoms with Crippen LogP contribution in [0.25, 0.3) is 10.2 Å². The predicted molar refractivity (Wildman–Crippen MR) is 85.1 cm³/mol. The van der Waals surface area contributed by atoms with Crippen LogP contribution in [0.5, 0.6) is 0 Å². The molecule has 21 heavy (non-hydrogen) atoms. The maximum Gasteiger partial charge on any atom is 0.262 e. The maximum absolute atomic E-state index is 12.4. The summed E-state index contributed by atoms with van der Waals surface area (Å²) in [6.07, 6.45) is 1.52. The lowest BCUT2D eigenvalue weighted by Gasteiger charge is -2.12. The minimum Gasteiger partial charge on any atom is -0.383 e.